The van der Waals surface area contributed by atoms with Gasteiger partial charge in [-0.1, -0.05) is 0 Å². The van der Waals surface area contributed by atoms with E-state index in [4.69, 9.17) is 10.5 Å². The molecule has 2 N–H and O–H groups in total. The van der Waals surface area contributed by atoms with E-state index in [0.717, 1.165) is 55.9 Å². The first-order valence-corrected chi connectivity index (χ1v) is 8.07. The number of hydrogen-bond donors (Lipinski definition) is 1. The summed E-state index contributed by atoms with van der Waals surface area (Å²) in [6, 6.07) is 2.22. The molecule has 0 saturated carbocycles. The Bertz CT molecular complexity index is 789. The average molecular weight is 296 g/mol. The molecule has 0 atom stereocenters. The molecule has 3 heterocycles. The topological polar surface area (TPSA) is 64.3 Å². The second-order valence-electron chi connectivity index (χ2n) is 7.11. The van der Waals surface area contributed by atoms with Gasteiger partial charge in [-0.25, -0.2) is 9.97 Å². The van der Waals surface area contributed by atoms with E-state index in [0.29, 0.717) is 11.2 Å². The van der Waals surface area contributed by atoms with Crippen molar-refractivity contribution in [2.75, 3.05) is 36.9 Å². The standard InChI is InChI=1S/C17H20N4O/c1-10-19-15-12-4-2-3-11(12)14(5-13(15)16(18)20-10)21-6-17(7-21)8-22-9-17/h5H,2-4,6-9H2,1H3,(H2,18,19,20). The van der Waals surface area contributed by atoms with Gasteiger partial charge in [0, 0.05) is 24.2 Å². The Morgan fingerprint density at radius 2 is 1.95 bits per heavy atom. The van der Waals surface area contributed by atoms with Gasteiger partial charge in [0.25, 0.3) is 0 Å². The first-order chi connectivity index (χ1) is 10.7. The molecule has 1 aliphatic carbocycles. The molecule has 2 aliphatic heterocycles. The number of ether oxygens (including phenoxy) is 1. The first kappa shape index (κ1) is 12.6. The largest absolute Gasteiger partial charge is 0.383 e. The van der Waals surface area contributed by atoms with Crippen molar-refractivity contribution in [3.05, 3.63) is 23.0 Å². The lowest BCUT2D eigenvalue weighted by Gasteiger charge is -2.56. The molecular formula is C17H20N4O. The summed E-state index contributed by atoms with van der Waals surface area (Å²) in [4.78, 5) is 11.5. The minimum Gasteiger partial charge on any atom is -0.383 e. The van der Waals surface area contributed by atoms with Gasteiger partial charge in [-0.05, 0) is 43.4 Å². The minimum absolute atomic E-state index is 0.426. The van der Waals surface area contributed by atoms with Crippen LogP contribution in [-0.4, -0.2) is 36.3 Å². The molecule has 5 nitrogen and oxygen atoms in total. The van der Waals surface area contributed by atoms with Gasteiger partial charge < -0.3 is 15.4 Å². The molecule has 5 rings (SSSR count). The molecule has 1 aromatic heterocycles. The second kappa shape index (κ2) is 4.10. The highest BCUT2D eigenvalue weighted by atomic mass is 16.5. The molecule has 3 aliphatic rings. The molecule has 114 valence electrons. The third kappa shape index (κ3) is 1.57. The summed E-state index contributed by atoms with van der Waals surface area (Å²) in [5.74, 6) is 1.38. The number of aromatic nitrogens is 2. The Balaban J connectivity index is 1.66. The molecule has 1 spiro atoms. The lowest BCUT2D eigenvalue weighted by molar-refractivity contribution is -0.127. The fraction of sp³-hybridized carbons (Fsp3) is 0.529. The molecular weight excluding hydrogens is 276 g/mol. The van der Waals surface area contributed by atoms with E-state index in [1.807, 2.05) is 6.92 Å². The summed E-state index contributed by atoms with van der Waals surface area (Å²) in [7, 11) is 0. The highest BCUT2D eigenvalue weighted by molar-refractivity contribution is 5.95. The van der Waals surface area contributed by atoms with E-state index >= 15 is 0 Å². The van der Waals surface area contributed by atoms with Gasteiger partial charge in [0.1, 0.15) is 11.6 Å². The molecule has 2 fully saturated rings. The number of anilines is 2. The zero-order valence-corrected chi connectivity index (χ0v) is 12.9. The van der Waals surface area contributed by atoms with Gasteiger partial charge in [-0.2, -0.15) is 0 Å². The van der Waals surface area contributed by atoms with Crippen LogP contribution in [0.1, 0.15) is 23.4 Å². The summed E-state index contributed by atoms with van der Waals surface area (Å²) in [6.07, 6.45) is 3.48. The second-order valence-corrected chi connectivity index (χ2v) is 7.11. The molecule has 22 heavy (non-hydrogen) atoms. The molecule has 0 bridgehead atoms. The Morgan fingerprint density at radius 3 is 2.68 bits per heavy atom. The number of hydrogen-bond acceptors (Lipinski definition) is 5. The predicted octanol–water partition coefficient (Wildman–Crippen LogP) is 1.85. The van der Waals surface area contributed by atoms with E-state index in [-0.39, 0.29) is 0 Å². The molecule has 0 radical (unpaired) electrons. The number of nitrogens with two attached hydrogens (primary N) is 1. The van der Waals surface area contributed by atoms with Crippen LogP contribution in [0.2, 0.25) is 0 Å². The number of fused-ring (bicyclic) bond motifs is 3. The van der Waals surface area contributed by atoms with Crippen molar-refractivity contribution >= 4 is 22.4 Å². The minimum atomic E-state index is 0.426. The Kier molecular flexibility index (Phi) is 2.36. The van der Waals surface area contributed by atoms with Crippen molar-refractivity contribution in [2.45, 2.75) is 26.2 Å². The van der Waals surface area contributed by atoms with Gasteiger partial charge in [0.2, 0.25) is 0 Å². The van der Waals surface area contributed by atoms with Crippen molar-refractivity contribution in [1.82, 2.24) is 9.97 Å². The lowest BCUT2D eigenvalue weighted by Crippen LogP contribution is -2.66. The Morgan fingerprint density at radius 1 is 1.18 bits per heavy atom. The SMILES string of the molecule is Cc1nc(N)c2cc(N3CC4(COC4)C3)c3c(c2n1)CCC3. The average Bonchev–Trinajstić information content (AvgIpc) is 2.85. The van der Waals surface area contributed by atoms with Crippen LogP contribution in [0.3, 0.4) is 0 Å². The van der Waals surface area contributed by atoms with Gasteiger partial charge in [0.15, 0.2) is 0 Å². The van der Waals surface area contributed by atoms with Crippen molar-refractivity contribution in [1.29, 1.82) is 0 Å². The van der Waals surface area contributed by atoms with Crippen LogP contribution in [0.5, 0.6) is 0 Å². The highest BCUT2D eigenvalue weighted by Gasteiger charge is 2.49. The Hall–Kier alpha value is -1.88. The lowest BCUT2D eigenvalue weighted by atomic mass is 9.77. The highest BCUT2D eigenvalue weighted by Crippen LogP contribution is 2.45. The number of aryl methyl sites for hydroxylation is 2. The maximum absolute atomic E-state index is 6.18. The van der Waals surface area contributed by atoms with Gasteiger partial charge >= 0.3 is 0 Å². The molecule has 0 amide bonds. The van der Waals surface area contributed by atoms with E-state index in [1.54, 1.807) is 0 Å². The summed E-state index contributed by atoms with van der Waals surface area (Å²) in [5.41, 5.74) is 11.9. The molecule has 2 aromatic rings. The maximum atomic E-state index is 6.18. The molecule has 2 saturated heterocycles. The van der Waals surface area contributed by atoms with Crippen LogP contribution in [0, 0.1) is 12.3 Å². The molecule has 5 heteroatoms. The predicted molar refractivity (Wildman–Crippen MR) is 86.2 cm³/mol. The van der Waals surface area contributed by atoms with E-state index in [9.17, 15) is 0 Å². The van der Waals surface area contributed by atoms with Crippen molar-refractivity contribution < 1.29 is 4.74 Å². The number of benzene rings is 1. The van der Waals surface area contributed by atoms with Crippen LogP contribution in [0.25, 0.3) is 10.9 Å². The van der Waals surface area contributed by atoms with Crippen molar-refractivity contribution in [3.8, 4) is 0 Å². The van der Waals surface area contributed by atoms with Crippen LogP contribution in [0.15, 0.2) is 6.07 Å². The first-order valence-electron chi connectivity index (χ1n) is 8.07. The monoisotopic (exact) mass is 296 g/mol. The number of rotatable bonds is 1. The third-order valence-electron chi connectivity index (χ3n) is 5.39. The zero-order valence-electron chi connectivity index (χ0n) is 12.9. The smallest absolute Gasteiger partial charge is 0.135 e. The van der Waals surface area contributed by atoms with E-state index in [1.165, 1.54) is 23.2 Å². The normalized spacial score (nSPS) is 21.8. The summed E-state index contributed by atoms with van der Waals surface area (Å²) in [5, 5.41) is 1.02. The zero-order chi connectivity index (χ0) is 14.9. The van der Waals surface area contributed by atoms with Crippen LogP contribution in [-0.2, 0) is 17.6 Å². The van der Waals surface area contributed by atoms with E-state index < -0.39 is 0 Å². The number of nitrogens with zero attached hydrogens (tertiary/aromatic N) is 3. The number of nitrogen functional groups attached to an aromatic ring is 1. The van der Waals surface area contributed by atoms with Crippen LogP contribution in [0.4, 0.5) is 11.5 Å². The molecule has 1 aromatic carbocycles. The fourth-order valence-corrected chi connectivity index (χ4v) is 4.28. The summed E-state index contributed by atoms with van der Waals surface area (Å²) in [6.45, 7) is 5.98. The van der Waals surface area contributed by atoms with Crippen LogP contribution >= 0.6 is 0 Å². The Labute approximate surface area is 129 Å². The molecule has 0 unspecified atom stereocenters. The fourth-order valence-electron chi connectivity index (χ4n) is 4.28. The van der Waals surface area contributed by atoms with Crippen LogP contribution < -0.4 is 10.6 Å². The van der Waals surface area contributed by atoms with Gasteiger partial charge in [-0.15, -0.1) is 0 Å². The van der Waals surface area contributed by atoms with Crippen molar-refractivity contribution in [2.24, 2.45) is 5.41 Å². The van der Waals surface area contributed by atoms with Gasteiger partial charge in [0.05, 0.1) is 24.1 Å². The summed E-state index contributed by atoms with van der Waals surface area (Å²) >= 11 is 0. The maximum Gasteiger partial charge on any atom is 0.135 e. The van der Waals surface area contributed by atoms with Crippen molar-refractivity contribution in [3.63, 3.8) is 0 Å². The summed E-state index contributed by atoms with van der Waals surface area (Å²) < 4.78 is 5.39. The van der Waals surface area contributed by atoms with E-state index in [2.05, 4.69) is 20.9 Å². The third-order valence-corrected chi connectivity index (χ3v) is 5.39. The van der Waals surface area contributed by atoms with Gasteiger partial charge in [-0.3, -0.25) is 0 Å². The quantitative estimate of drug-likeness (QED) is 0.870.